The van der Waals surface area contributed by atoms with E-state index in [1.807, 2.05) is 77.7 Å². The lowest BCUT2D eigenvalue weighted by molar-refractivity contribution is -0.126. The summed E-state index contributed by atoms with van der Waals surface area (Å²) in [5.41, 5.74) is 3.42. The van der Waals surface area contributed by atoms with Crippen molar-refractivity contribution in [1.82, 2.24) is 4.90 Å². The topological polar surface area (TPSA) is 61.9 Å². The minimum absolute atomic E-state index is 0.0384. The van der Waals surface area contributed by atoms with Gasteiger partial charge in [0, 0.05) is 49.2 Å². The lowest BCUT2D eigenvalue weighted by Gasteiger charge is -2.35. The van der Waals surface area contributed by atoms with Crippen molar-refractivity contribution in [2.24, 2.45) is 0 Å². The summed E-state index contributed by atoms with van der Waals surface area (Å²) in [5.74, 6) is 0.647. The molecular weight excluding hydrogens is 438 g/mol. The van der Waals surface area contributed by atoms with Crippen LogP contribution in [-0.2, 0) is 4.79 Å². The third kappa shape index (κ3) is 6.73. The van der Waals surface area contributed by atoms with Gasteiger partial charge in [0.15, 0.2) is 0 Å². The monoisotopic (exact) mass is 469 g/mol. The third-order valence-electron chi connectivity index (χ3n) is 5.89. The van der Waals surface area contributed by atoms with Crippen molar-refractivity contribution in [3.8, 4) is 5.75 Å². The Bertz CT molecular complexity index is 1130. The average molecular weight is 470 g/mol. The van der Waals surface area contributed by atoms with E-state index in [9.17, 15) is 9.59 Å². The van der Waals surface area contributed by atoms with E-state index >= 15 is 0 Å². The first kappa shape index (κ1) is 24.1. The highest BCUT2D eigenvalue weighted by molar-refractivity contribution is 6.04. The van der Waals surface area contributed by atoms with Gasteiger partial charge in [0.05, 0.1) is 6.61 Å². The predicted octanol–water partition coefficient (Wildman–Crippen LogP) is 5.09. The molecule has 0 aromatic heterocycles. The number of anilines is 2. The van der Waals surface area contributed by atoms with Crippen molar-refractivity contribution in [2.75, 3.05) is 43.0 Å². The number of rotatable bonds is 8. The molecule has 0 aliphatic carbocycles. The second-order valence-corrected chi connectivity index (χ2v) is 8.43. The minimum atomic E-state index is -0.157. The maximum atomic E-state index is 12.6. The van der Waals surface area contributed by atoms with Crippen LogP contribution >= 0.6 is 0 Å². The summed E-state index contributed by atoms with van der Waals surface area (Å²) in [7, 11) is 0. The largest absolute Gasteiger partial charge is 0.494 e. The summed E-state index contributed by atoms with van der Waals surface area (Å²) in [6.45, 7) is 5.60. The number of nitrogens with zero attached hydrogens (tertiary/aromatic N) is 2. The minimum Gasteiger partial charge on any atom is -0.494 e. The van der Waals surface area contributed by atoms with E-state index in [0.717, 1.165) is 42.2 Å². The van der Waals surface area contributed by atoms with Crippen LogP contribution in [0.15, 0.2) is 84.9 Å². The standard InChI is InChI=1S/C29H31N3O3/c1-2-22-35-27-15-9-24(10-16-27)29(34)30-25-11-13-26(14-12-25)31-18-20-32(21-19-31)28(33)17-8-23-6-4-3-5-7-23/h3-17H,2,18-22H2,1H3,(H,30,34)/b17-8+. The molecule has 2 amide bonds. The van der Waals surface area contributed by atoms with Crippen LogP contribution in [0.5, 0.6) is 5.75 Å². The first-order valence-electron chi connectivity index (χ1n) is 12.0. The molecule has 0 unspecified atom stereocenters. The molecule has 35 heavy (non-hydrogen) atoms. The maximum Gasteiger partial charge on any atom is 0.255 e. The van der Waals surface area contributed by atoms with Gasteiger partial charge in [-0.2, -0.15) is 0 Å². The zero-order valence-electron chi connectivity index (χ0n) is 20.0. The van der Waals surface area contributed by atoms with Crippen LogP contribution in [0, 0.1) is 0 Å². The Kier molecular flexibility index (Phi) is 8.17. The van der Waals surface area contributed by atoms with E-state index in [2.05, 4.69) is 17.1 Å². The van der Waals surface area contributed by atoms with Gasteiger partial charge < -0.3 is 19.9 Å². The van der Waals surface area contributed by atoms with Gasteiger partial charge in [0.25, 0.3) is 5.91 Å². The summed E-state index contributed by atoms with van der Waals surface area (Å²) in [6.07, 6.45) is 4.45. The first-order valence-corrected chi connectivity index (χ1v) is 12.0. The molecule has 1 aliphatic heterocycles. The Morgan fingerprint density at radius 1 is 0.886 bits per heavy atom. The van der Waals surface area contributed by atoms with E-state index in [0.29, 0.717) is 25.3 Å². The van der Waals surface area contributed by atoms with Gasteiger partial charge in [-0.05, 0) is 66.6 Å². The number of benzene rings is 3. The fourth-order valence-corrected chi connectivity index (χ4v) is 3.90. The molecule has 3 aromatic rings. The van der Waals surface area contributed by atoms with Gasteiger partial charge in [0.1, 0.15) is 5.75 Å². The van der Waals surface area contributed by atoms with Gasteiger partial charge in [0.2, 0.25) is 5.91 Å². The SMILES string of the molecule is CCCOc1ccc(C(=O)Nc2ccc(N3CCN(C(=O)/C=C/c4ccccc4)CC3)cc2)cc1. The second-order valence-electron chi connectivity index (χ2n) is 8.43. The molecule has 1 saturated heterocycles. The molecule has 6 nitrogen and oxygen atoms in total. The molecule has 1 fully saturated rings. The summed E-state index contributed by atoms with van der Waals surface area (Å²) < 4.78 is 5.57. The Morgan fingerprint density at radius 3 is 2.23 bits per heavy atom. The quantitative estimate of drug-likeness (QED) is 0.467. The van der Waals surface area contributed by atoms with Crippen LogP contribution in [0.1, 0.15) is 29.3 Å². The zero-order valence-corrected chi connectivity index (χ0v) is 20.0. The van der Waals surface area contributed by atoms with Crippen molar-refractivity contribution in [3.63, 3.8) is 0 Å². The van der Waals surface area contributed by atoms with Gasteiger partial charge in [-0.15, -0.1) is 0 Å². The van der Waals surface area contributed by atoms with Crippen LogP contribution in [0.2, 0.25) is 0 Å². The van der Waals surface area contributed by atoms with E-state index < -0.39 is 0 Å². The number of ether oxygens (including phenoxy) is 1. The lowest BCUT2D eigenvalue weighted by atomic mass is 10.2. The van der Waals surface area contributed by atoms with Crippen molar-refractivity contribution < 1.29 is 14.3 Å². The fraction of sp³-hybridized carbons (Fsp3) is 0.241. The predicted molar refractivity (Wildman–Crippen MR) is 141 cm³/mol. The molecule has 4 rings (SSSR count). The highest BCUT2D eigenvalue weighted by atomic mass is 16.5. The van der Waals surface area contributed by atoms with E-state index in [4.69, 9.17) is 4.74 Å². The van der Waals surface area contributed by atoms with Gasteiger partial charge in [-0.25, -0.2) is 0 Å². The zero-order chi connectivity index (χ0) is 24.5. The third-order valence-corrected chi connectivity index (χ3v) is 5.89. The van der Waals surface area contributed by atoms with Crippen molar-refractivity contribution in [1.29, 1.82) is 0 Å². The Labute approximate surface area is 206 Å². The Balaban J connectivity index is 1.26. The smallest absolute Gasteiger partial charge is 0.255 e. The number of carbonyl (C=O) groups excluding carboxylic acids is 2. The number of piperazine rings is 1. The number of hydrogen-bond donors (Lipinski definition) is 1. The van der Waals surface area contributed by atoms with E-state index in [1.165, 1.54) is 0 Å². The second kappa shape index (κ2) is 11.9. The molecule has 1 aliphatic rings. The van der Waals surface area contributed by atoms with Crippen LogP contribution in [0.4, 0.5) is 11.4 Å². The molecule has 0 atom stereocenters. The Morgan fingerprint density at radius 2 is 1.57 bits per heavy atom. The maximum absolute atomic E-state index is 12.6. The molecule has 0 radical (unpaired) electrons. The van der Waals surface area contributed by atoms with E-state index in [1.54, 1.807) is 18.2 Å². The number of nitrogens with one attached hydrogen (secondary N) is 1. The van der Waals surface area contributed by atoms with Gasteiger partial charge in [-0.3, -0.25) is 9.59 Å². The summed E-state index contributed by atoms with van der Waals surface area (Å²) >= 11 is 0. The lowest BCUT2D eigenvalue weighted by Crippen LogP contribution is -2.48. The molecule has 0 saturated carbocycles. The highest BCUT2D eigenvalue weighted by Gasteiger charge is 2.20. The van der Waals surface area contributed by atoms with Crippen LogP contribution in [-0.4, -0.2) is 49.5 Å². The first-order chi connectivity index (χ1) is 17.1. The molecule has 180 valence electrons. The Hall–Kier alpha value is -4.06. The normalized spacial score (nSPS) is 13.6. The average Bonchev–Trinajstić information content (AvgIpc) is 2.92. The molecule has 0 spiro atoms. The van der Waals surface area contributed by atoms with Gasteiger partial charge in [-0.1, -0.05) is 37.3 Å². The fourth-order valence-electron chi connectivity index (χ4n) is 3.90. The van der Waals surface area contributed by atoms with Crippen LogP contribution < -0.4 is 15.0 Å². The highest BCUT2D eigenvalue weighted by Crippen LogP contribution is 2.21. The van der Waals surface area contributed by atoms with E-state index in [-0.39, 0.29) is 11.8 Å². The van der Waals surface area contributed by atoms with Crippen LogP contribution in [0.3, 0.4) is 0 Å². The summed E-state index contributed by atoms with van der Waals surface area (Å²) in [4.78, 5) is 29.2. The summed E-state index contributed by atoms with van der Waals surface area (Å²) in [6, 6.07) is 24.8. The van der Waals surface area contributed by atoms with Crippen molar-refractivity contribution >= 4 is 29.3 Å². The molecule has 1 N–H and O–H groups in total. The molecule has 0 bridgehead atoms. The molecular formula is C29H31N3O3. The number of amides is 2. The van der Waals surface area contributed by atoms with Gasteiger partial charge >= 0.3 is 0 Å². The molecule has 3 aromatic carbocycles. The number of hydrogen-bond acceptors (Lipinski definition) is 4. The van der Waals surface area contributed by atoms with Crippen LogP contribution in [0.25, 0.3) is 6.08 Å². The molecule has 1 heterocycles. The summed E-state index contributed by atoms with van der Waals surface area (Å²) in [5, 5.41) is 2.94. The van der Waals surface area contributed by atoms with Crippen molar-refractivity contribution in [2.45, 2.75) is 13.3 Å². The van der Waals surface area contributed by atoms with Crippen molar-refractivity contribution in [3.05, 3.63) is 96.1 Å². The number of carbonyl (C=O) groups is 2. The molecule has 6 heteroatoms.